The van der Waals surface area contributed by atoms with E-state index in [1.54, 1.807) is 0 Å². The summed E-state index contributed by atoms with van der Waals surface area (Å²) in [6, 6.07) is 15.6. The molecule has 0 aromatic heterocycles. The summed E-state index contributed by atoms with van der Waals surface area (Å²) in [7, 11) is 1.34. The van der Waals surface area contributed by atoms with Crippen LogP contribution in [0.15, 0.2) is 48.5 Å². The maximum Gasteiger partial charge on any atom is 0.407 e. The van der Waals surface area contributed by atoms with E-state index in [9.17, 15) is 4.79 Å². The van der Waals surface area contributed by atoms with Gasteiger partial charge in [0.25, 0.3) is 0 Å². The number of alkyl carbamates (subject to hydrolysis) is 1. The minimum absolute atomic E-state index is 0.432. The summed E-state index contributed by atoms with van der Waals surface area (Å²) in [5, 5.41) is 3.35. The second-order valence-corrected chi connectivity index (χ2v) is 4.49. The van der Waals surface area contributed by atoms with Gasteiger partial charge in [-0.15, -0.1) is 0 Å². The predicted molar refractivity (Wildman–Crippen MR) is 76.1 cm³/mol. The summed E-state index contributed by atoms with van der Waals surface area (Å²) in [5.74, 6) is 0. The van der Waals surface area contributed by atoms with E-state index < -0.39 is 6.09 Å². The van der Waals surface area contributed by atoms with Gasteiger partial charge in [0, 0.05) is 11.6 Å². The van der Waals surface area contributed by atoms with E-state index in [2.05, 4.69) is 10.1 Å². The smallest absolute Gasteiger partial charge is 0.407 e. The molecule has 19 heavy (non-hydrogen) atoms. The van der Waals surface area contributed by atoms with Crippen molar-refractivity contribution in [3.63, 3.8) is 0 Å². The third-order valence-electron chi connectivity index (χ3n) is 2.73. The number of rotatable bonds is 3. The maximum absolute atomic E-state index is 11.0. The Balaban J connectivity index is 2.08. The van der Waals surface area contributed by atoms with Gasteiger partial charge < -0.3 is 10.1 Å². The van der Waals surface area contributed by atoms with Crippen molar-refractivity contribution < 1.29 is 9.53 Å². The molecule has 0 heterocycles. The van der Waals surface area contributed by atoms with Crippen LogP contribution in [0, 0.1) is 0 Å². The van der Waals surface area contributed by atoms with Crippen molar-refractivity contribution in [1.82, 2.24) is 5.32 Å². The highest BCUT2D eigenvalue weighted by molar-refractivity contribution is 6.30. The van der Waals surface area contributed by atoms with Gasteiger partial charge in [-0.2, -0.15) is 0 Å². The summed E-state index contributed by atoms with van der Waals surface area (Å²) in [5.41, 5.74) is 3.17. The van der Waals surface area contributed by atoms with E-state index in [1.807, 2.05) is 48.5 Å². The van der Waals surface area contributed by atoms with Gasteiger partial charge in [0.05, 0.1) is 7.11 Å². The second-order valence-electron chi connectivity index (χ2n) is 4.05. The molecule has 0 radical (unpaired) electrons. The molecule has 98 valence electrons. The molecule has 0 fully saturated rings. The SMILES string of the molecule is COC(=O)NCc1ccc(-c2cccc(Cl)c2)cc1. The van der Waals surface area contributed by atoms with Gasteiger partial charge in [-0.25, -0.2) is 4.79 Å². The largest absolute Gasteiger partial charge is 0.453 e. The van der Waals surface area contributed by atoms with Crippen molar-refractivity contribution in [2.24, 2.45) is 0 Å². The average Bonchev–Trinajstić information content (AvgIpc) is 2.45. The average molecular weight is 276 g/mol. The summed E-state index contributed by atoms with van der Waals surface area (Å²) in [4.78, 5) is 11.0. The normalized spacial score (nSPS) is 10.0. The fraction of sp³-hybridized carbons (Fsp3) is 0.133. The molecule has 0 saturated carbocycles. The van der Waals surface area contributed by atoms with Gasteiger partial charge in [-0.3, -0.25) is 0 Å². The van der Waals surface area contributed by atoms with Crippen molar-refractivity contribution in [2.75, 3.05) is 7.11 Å². The van der Waals surface area contributed by atoms with Crippen LogP contribution in [0.1, 0.15) is 5.56 Å². The van der Waals surface area contributed by atoms with Crippen molar-refractivity contribution in [2.45, 2.75) is 6.54 Å². The predicted octanol–water partition coefficient (Wildman–Crippen LogP) is 3.86. The zero-order valence-corrected chi connectivity index (χ0v) is 11.3. The molecule has 4 heteroatoms. The van der Waals surface area contributed by atoms with Crippen LogP contribution in [-0.2, 0) is 11.3 Å². The molecule has 0 atom stereocenters. The van der Waals surface area contributed by atoms with E-state index in [4.69, 9.17) is 11.6 Å². The number of carbonyl (C=O) groups is 1. The summed E-state index contributed by atoms with van der Waals surface area (Å²) in [6.45, 7) is 0.447. The lowest BCUT2D eigenvalue weighted by Gasteiger charge is -2.06. The Bertz CT molecular complexity index is 567. The highest BCUT2D eigenvalue weighted by Gasteiger charge is 2.01. The Labute approximate surface area is 117 Å². The van der Waals surface area contributed by atoms with E-state index in [0.717, 1.165) is 16.7 Å². The molecular formula is C15H14ClNO2. The zero-order valence-electron chi connectivity index (χ0n) is 10.5. The van der Waals surface area contributed by atoms with Crippen LogP contribution in [0.4, 0.5) is 4.79 Å². The van der Waals surface area contributed by atoms with Crippen molar-refractivity contribution in [3.8, 4) is 11.1 Å². The second kappa shape index (κ2) is 6.25. The standard InChI is InChI=1S/C15H14ClNO2/c1-19-15(18)17-10-11-5-7-12(8-6-11)13-3-2-4-14(16)9-13/h2-9H,10H2,1H3,(H,17,18). The Hall–Kier alpha value is -2.00. The third kappa shape index (κ3) is 3.73. The first-order valence-electron chi connectivity index (χ1n) is 5.86. The summed E-state index contributed by atoms with van der Waals surface area (Å²) in [6.07, 6.45) is -0.432. The van der Waals surface area contributed by atoms with Gasteiger partial charge in [-0.05, 0) is 28.8 Å². The number of hydrogen-bond acceptors (Lipinski definition) is 2. The maximum atomic E-state index is 11.0. The molecule has 0 spiro atoms. The van der Waals surface area contributed by atoms with Crippen LogP contribution in [0.25, 0.3) is 11.1 Å². The fourth-order valence-electron chi connectivity index (χ4n) is 1.73. The van der Waals surface area contributed by atoms with Crippen molar-refractivity contribution in [3.05, 3.63) is 59.1 Å². The molecule has 1 amide bonds. The quantitative estimate of drug-likeness (QED) is 0.924. The number of amides is 1. The highest BCUT2D eigenvalue weighted by Crippen LogP contribution is 2.22. The van der Waals surface area contributed by atoms with Crippen LogP contribution in [0.5, 0.6) is 0 Å². The van der Waals surface area contributed by atoms with E-state index in [1.165, 1.54) is 7.11 Å². The minimum atomic E-state index is -0.432. The molecule has 1 N–H and O–H groups in total. The molecule has 2 aromatic carbocycles. The number of ether oxygens (including phenoxy) is 1. The van der Waals surface area contributed by atoms with Crippen LogP contribution in [0.2, 0.25) is 5.02 Å². The van der Waals surface area contributed by atoms with Crippen LogP contribution in [-0.4, -0.2) is 13.2 Å². The summed E-state index contributed by atoms with van der Waals surface area (Å²) >= 11 is 5.97. The number of methoxy groups -OCH3 is 1. The van der Waals surface area contributed by atoms with Crippen LogP contribution in [0.3, 0.4) is 0 Å². The molecule has 3 nitrogen and oxygen atoms in total. The Morgan fingerprint density at radius 2 is 1.89 bits per heavy atom. The van der Waals surface area contributed by atoms with Gasteiger partial charge in [0.15, 0.2) is 0 Å². The van der Waals surface area contributed by atoms with Crippen LogP contribution >= 0.6 is 11.6 Å². The van der Waals surface area contributed by atoms with Crippen LogP contribution < -0.4 is 5.32 Å². The lowest BCUT2D eigenvalue weighted by atomic mass is 10.0. The molecule has 0 bridgehead atoms. The molecule has 0 unspecified atom stereocenters. The molecule has 2 rings (SSSR count). The highest BCUT2D eigenvalue weighted by atomic mass is 35.5. The van der Waals surface area contributed by atoms with Gasteiger partial charge in [0.1, 0.15) is 0 Å². The van der Waals surface area contributed by atoms with Gasteiger partial charge in [-0.1, -0.05) is 48.0 Å². The third-order valence-corrected chi connectivity index (χ3v) is 2.97. The number of benzene rings is 2. The first-order valence-corrected chi connectivity index (χ1v) is 6.23. The number of halogens is 1. The fourth-order valence-corrected chi connectivity index (χ4v) is 1.92. The first-order chi connectivity index (χ1) is 9.19. The minimum Gasteiger partial charge on any atom is -0.453 e. The first kappa shape index (κ1) is 13.4. The lowest BCUT2D eigenvalue weighted by Crippen LogP contribution is -2.22. The Kier molecular flexibility index (Phi) is 4.42. The molecule has 0 saturated heterocycles. The molecule has 0 aliphatic heterocycles. The number of nitrogens with one attached hydrogen (secondary N) is 1. The number of carbonyl (C=O) groups excluding carboxylic acids is 1. The molecule has 0 aliphatic rings. The molecule has 2 aromatic rings. The van der Waals surface area contributed by atoms with E-state index >= 15 is 0 Å². The van der Waals surface area contributed by atoms with Crippen molar-refractivity contribution >= 4 is 17.7 Å². The lowest BCUT2D eigenvalue weighted by molar-refractivity contribution is 0.170. The van der Waals surface area contributed by atoms with E-state index in [-0.39, 0.29) is 0 Å². The van der Waals surface area contributed by atoms with Crippen molar-refractivity contribution in [1.29, 1.82) is 0 Å². The van der Waals surface area contributed by atoms with Gasteiger partial charge >= 0.3 is 6.09 Å². The monoisotopic (exact) mass is 275 g/mol. The Morgan fingerprint density at radius 3 is 2.53 bits per heavy atom. The summed E-state index contributed by atoms with van der Waals surface area (Å²) < 4.78 is 4.51. The zero-order chi connectivity index (χ0) is 13.7. The van der Waals surface area contributed by atoms with Gasteiger partial charge in [0.2, 0.25) is 0 Å². The number of hydrogen-bond donors (Lipinski definition) is 1. The molecule has 0 aliphatic carbocycles. The Morgan fingerprint density at radius 1 is 1.16 bits per heavy atom. The molecular weight excluding hydrogens is 262 g/mol. The topological polar surface area (TPSA) is 38.3 Å². The van der Waals surface area contributed by atoms with E-state index in [0.29, 0.717) is 11.6 Å².